The average Bonchev–Trinajstić information content (AvgIpc) is 2.50. The Morgan fingerprint density at radius 1 is 1.10 bits per heavy atom. The molecule has 3 N–H and O–H groups in total. The highest BCUT2D eigenvalue weighted by Crippen LogP contribution is 2.16. The van der Waals surface area contributed by atoms with Gasteiger partial charge in [0.25, 0.3) is 0 Å². The van der Waals surface area contributed by atoms with Gasteiger partial charge in [-0.1, -0.05) is 24.3 Å². The zero-order chi connectivity index (χ0) is 15.1. The molecule has 0 heterocycles. The van der Waals surface area contributed by atoms with Crippen molar-refractivity contribution in [2.24, 2.45) is 5.73 Å². The predicted octanol–water partition coefficient (Wildman–Crippen LogP) is 2.73. The summed E-state index contributed by atoms with van der Waals surface area (Å²) in [6, 6.07) is 15.1. The van der Waals surface area contributed by atoms with Gasteiger partial charge in [-0.2, -0.15) is 0 Å². The van der Waals surface area contributed by atoms with Gasteiger partial charge in [0.05, 0.1) is 13.0 Å². The van der Waals surface area contributed by atoms with Crippen molar-refractivity contribution in [3.8, 4) is 5.75 Å². The van der Waals surface area contributed by atoms with E-state index in [9.17, 15) is 4.79 Å². The second kappa shape index (κ2) is 7.45. The predicted molar refractivity (Wildman–Crippen MR) is 84.3 cm³/mol. The van der Waals surface area contributed by atoms with E-state index in [1.165, 1.54) is 0 Å². The number of carbonyl (C=O) groups excluding carboxylic acids is 1. The molecule has 0 aromatic heterocycles. The molecule has 0 radical (unpaired) electrons. The molecule has 0 saturated heterocycles. The molecule has 0 saturated carbocycles. The molecular weight excluding hydrogens is 264 g/mol. The molecule has 4 nitrogen and oxygen atoms in total. The normalized spacial score (nSPS) is 10.2. The molecule has 0 unspecified atom stereocenters. The molecule has 0 fully saturated rings. The first kappa shape index (κ1) is 15.1. The number of hydrogen-bond acceptors (Lipinski definition) is 3. The van der Waals surface area contributed by atoms with Gasteiger partial charge in [-0.25, -0.2) is 0 Å². The van der Waals surface area contributed by atoms with Crippen LogP contribution in [0.15, 0.2) is 48.5 Å². The van der Waals surface area contributed by atoms with E-state index in [0.717, 1.165) is 22.6 Å². The number of nitrogens with two attached hydrogens (primary N) is 1. The zero-order valence-electron chi connectivity index (χ0n) is 12.1. The van der Waals surface area contributed by atoms with Crippen LogP contribution in [-0.2, 0) is 17.8 Å². The van der Waals surface area contributed by atoms with Crippen LogP contribution in [0.1, 0.15) is 18.1 Å². The van der Waals surface area contributed by atoms with Gasteiger partial charge >= 0.3 is 0 Å². The van der Waals surface area contributed by atoms with Crippen molar-refractivity contribution in [3.63, 3.8) is 0 Å². The number of nitrogens with one attached hydrogen (secondary N) is 1. The highest BCUT2D eigenvalue weighted by Gasteiger charge is 2.07. The molecule has 21 heavy (non-hydrogen) atoms. The summed E-state index contributed by atoms with van der Waals surface area (Å²) < 4.78 is 5.37. The van der Waals surface area contributed by atoms with Crippen molar-refractivity contribution < 1.29 is 9.53 Å². The Morgan fingerprint density at radius 2 is 1.76 bits per heavy atom. The summed E-state index contributed by atoms with van der Waals surface area (Å²) in [5.74, 6) is 0.740. The summed E-state index contributed by atoms with van der Waals surface area (Å²) >= 11 is 0. The van der Waals surface area contributed by atoms with Crippen LogP contribution in [0.25, 0.3) is 0 Å². The van der Waals surface area contributed by atoms with E-state index in [-0.39, 0.29) is 5.91 Å². The fourth-order valence-electron chi connectivity index (χ4n) is 2.11. The maximum absolute atomic E-state index is 12.1. The van der Waals surface area contributed by atoms with Crippen molar-refractivity contribution >= 4 is 11.6 Å². The molecular formula is C17H20N2O2. The van der Waals surface area contributed by atoms with Gasteiger partial charge in [0.1, 0.15) is 5.75 Å². The fraction of sp³-hybridized carbons (Fsp3) is 0.235. The first-order valence-electron chi connectivity index (χ1n) is 7.02. The topological polar surface area (TPSA) is 64.3 Å². The molecule has 110 valence electrons. The Morgan fingerprint density at radius 3 is 2.38 bits per heavy atom. The smallest absolute Gasteiger partial charge is 0.228 e. The second-order valence-corrected chi connectivity index (χ2v) is 4.66. The minimum atomic E-state index is -0.0555. The van der Waals surface area contributed by atoms with E-state index in [1.807, 2.05) is 55.5 Å². The average molecular weight is 284 g/mol. The molecule has 0 atom stereocenters. The van der Waals surface area contributed by atoms with E-state index in [4.69, 9.17) is 10.5 Å². The van der Waals surface area contributed by atoms with E-state index in [1.54, 1.807) is 0 Å². The number of hydrogen-bond donors (Lipinski definition) is 2. The first-order chi connectivity index (χ1) is 10.2. The van der Waals surface area contributed by atoms with Crippen LogP contribution in [0.4, 0.5) is 5.69 Å². The summed E-state index contributed by atoms with van der Waals surface area (Å²) in [6.45, 7) is 3.00. The standard InChI is InChI=1S/C17H20N2O2/c1-2-21-16-9-7-15(8-10-16)19-17(20)11-13-5-3-4-6-14(13)12-18/h3-10H,2,11-12,18H2,1H3,(H,19,20). The Kier molecular flexibility index (Phi) is 5.35. The number of carbonyl (C=O) groups is 1. The van der Waals surface area contributed by atoms with Crippen LogP contribution < -0.4 is 15.8 Å². The van der Waals surface area contributed by atoms with Crippen LogP contribution in [0.3, 0.4) is 0 Å². The Labute approximate surface area is 124 Å². The number of ether oxygens (including phenoxy) is 1. The second-order valence-electron chi connectivity index (χ2n) is 4.66. The molecule has 0 aliphatic carbocycles. The van der Waals surface area contributed by atoms with E-state index >= 15 is 0 Å². The highest BCUT2D eigenvalue weighted by atomic mass is 16.5. The zero-order valence-corrected chi connectivity index (χ0v) is 12.1. The van der Waals surface area contributed by atoms with E-state index in [2.05, 4.69) is 5.32 Å². The van der Waals surface area contributed by atoms with Crippen LogP contribution in [-0.4, -0.2) is 12.5 Å². The molecule has 2 aromatic carbocycles. The van der Waals surface area contributed by atoms with Gasteiger partial charge in [-0.3, -0.25) is 4.79 Å². The van der Waals surface area contributed by atoms with Crippen molar-refractivity contribution in [1.82, 2.24) is 0 Å². The maximum Gasteiger partial charge on any atom is 0.228 e. The number of anilines is 1. The van der Waals surface area contributed by atoms with Gasteiger partial charge in [0.15, 0.2) is 0 Å². The van der Waals surface area contributed by atoms with Gasteiger partial charge in [-0.05, 0) is 42.3 Å². The minimum Gasteiger partial charge on any atom is -0.494 e. The number of rotatable bonds is 6. The summed E-state index contributed by atoms with van der Waals surface area (Å²) in [7, 11) is 0. The van der Waals surface area contributed by atoms with Gasteiger partial charge in [0, 0.05) is 12.2 Å². The lowest BCUT2D eigenvalue weighted by molar-refractivity contribution is -0.115. The summed E-state index contributed by atoms with van der Waals surface area (Å²) in [5, 5.41) is 2.88. The lowest BCUT2D eigenvalue weighted by Gasteiger charge is -2.09. The lowest BCUT2D eigenvalue weighted by atomic mass is 10.0. The maximum atomic E-state index is 12.1. The minimum absolute atomic E-state index is 0.0555. The quantitative estimate of drug-likeness (QED) is 0.857. The highest BCUT2D eigenvalue weighted by molar-refractivity contribution is 5.92. The summed E-state index contributed by atoms with van der Waals surface area (Å²) in [5.41, 5.74) is 8.40. The summed E-state index contributed by atoms with van der Waals surface area (Å²) in [4.78, 5) is 12.1. The molecule has 1 amide bonds. The fourth-order valence-corrected chi connectivity index (χ4v) is 2.11. The van der Waals surface area contributed by atoms with E-state index < -0.39 is 0 Å². The molecule has 4 heteroatoms. The Hall–Kier alpha value is -2.33. The van der Waals surface area contributed by atoms with Crippen LogP contribution in [0, 0.1) is 0 Å². The van der Waals surface area contributed by atoms with Crippen molar-refractivity contribution in [2.45, 2.75) is 19.9 Å². The third kappa shape index (κ3) is 4.33. The van der Waals surface area contributed by atoms with E-state index in [0.29, 0.717) is 19.6 Å². The SMILES string of the molecule is CCOc1ccc(NC(=O)Cc2ccccc2CN)cc1. The molecule has 0 aliphatic heterocycles. The van der Waals surface area contributed by atoms with Gasteiger partial charge in [0.2, 0.25) is 5.91 Å². The molecule has 0 spiro atoms. The summed E-state index contributed by atoms with van der Waals surface area (Å²) in [6.07, 6.45) is 0.320. The van der Waals surface area contributed by atoms with Crippen LogP contribution in [0.2, 0.25) is 0 Å². The van der Waals surface area contributed by atoms with Gasteiger partial charge < -0.3 is 15.8 Å². The molecule has 0 aliphatic rings. The van der Waals surface area contributed by atoms with Crippen molar-refractivity contribution in [1.29, 1.82) is 0 Å². The monoisotopic (exact) mass is 284 g/mol. The Bertz CT molecular complexity index is 594. The third-order valence-electron chi connectivity index (χ3n) is 3.14. The van der Waals surface area contributed by atoms with Gasteiger partial charge in [-0.15, -0.1) is 0 Å². The van der Waals surface area contributed by atoms with Crippen LogP contribution >= 0.6 is 0 Å². The Balaban J connectivity index is 1.98. The molecule has 2 rings (SSSR count). The largest absolute Gasteiger partial charge is 0.494 e. The lowest BCUT2D eigenvalue weighted by Crippen LogP contribution is -2.16. The third-order valence-corrected chi connectivity index (χ3v) is 3.14. The first-order valence-corrected chi connectivity index (χ1v) is 7.02. The van der Waals surface area contributed by atoms with Crippen molar-refractivity contribution in [3.05, 3.63) is 59.7 Å². The number of benzene rings is 2. The number of amides is 1. The van der Waals surface area contributed by atoms with Crippen LogP contribution in [0.5, 0.6) is 5.75 Å². The molecule has 2 aromatic rings. The van der Waals surface area contributed by atoms with Crippen molar-refractivity contribution in [2.75, 3.05) is 11.9 Å². The molecule has 0 bridgehead atoms.